The number of hydrogen-bond donors (Lipinski definition) is 1. The van der Waals surface area contributed by atoms with Gasteiger partial charge in [-0.05, 0) is 62.1 Å². The Labute approximate surface area is 167 Å². The maximum Gasteiger partial charge on any atom is 0.417 e. The molecule has 0 bridgehead atoms. The molecule has 1 heterocycles. The van der Waals surface area contributed by atoms with Crippen LogP contribution in [-0.4, -0.2) is 41.2 Å². The molecule has 0 radical (unpaired) electrons. The highest BCUT2D eigenvalue weighted by atomic mass is 19.4. The molecule has 3 rings (SSSR count). The smallest absolute Gasteiger partial charge is 0.417 e. The van der Waals surface area contributed by atoms with Crippen LogP contribution in [0.1, 0.15) is 39.9 Å². The number of likely N-dealkylation sites (tertiary alicyclic amines) is 1. The summed E-state index contributed by atoms with van der Waals surface area (Å²) in [6.07, 6.45) is -3.74. The van der Waals surface area contributed by atoms with Crippen LogP contribution < -0.4 is 4.74 Å². The van der Waals surface area contributed by atoms with Gasteiger partial charge in [0.2, 0.25) is 0 Å². The first-order chi connectivity index (χ1) is 13.6. The maximum absolute atomic E-state index is 13.3. The molecule has 1 aliphatic rings. The summed E-state index contributed by atoms with van der Waals surface area (Å²) < 4.78 is 45.5. The predicted molar refractivity (Wildman–Crippen MR) is 103 cm³/mol. The molecule has 7 heteroatoms. The molecule has 1 aliphatic heterocycles. The minimum atomic E-state index is -4.62. The Bertz CT molecular complexity index is 897. The zero-order valence-corrected chi connectivity index (χ0v) is 16.4. The molecule has 1 unspecified atom stereocenters. The number of hydrogen-bond acceptors (Lipinski definition) is 3. The van der Waals surface area contributed by atoms with E-state index in [1.807, 2.05) is 26.0 Å². The average Bonchev–Trinajstić information content (AvgIpc) is 2.68. The summed E-state index contributed by atoms with van der Waals surface area (Å²) in [7, 11) is 0. The van der Waals surface area contributed by atoms with E-state index < -0.39 is 28.8 Å². The van der Waals surface area contributed by atoms with Crippen molar-refractivity contribution in [2.75, 3.05) is 19.7 Å². The lowest BCUT2D eigenvalue weighted by Gasteiger charge is -2.39. The largest absolute Gasteiger partial charge is 0.491 e. The minimum Gasteiger partial charge on any atom is -0.491 e. The van der Waals surface area contributed by atoms with Gasteiger partial charge in [-0.15, -0.1) is 0 Å². The number of amides is 1. The Hall–Kier alpha value is -2.54. The number of carbonyl (C=O) groups is 1. The average molecular weight is 407 g/mol. The molecule has 2 aromatic rings. The van der Waals surface area contributed by atoms with Gasteiger partial charge in [0.05, 0.1) is 17.7 Å². The molecule has 1 saturated heterocycles. The lowest BCUT2D eigenvalue weighted by atomic mass is 9.92. The minimum absolute atomic E-state index is 0.0415. The zero-order valence-electron chi connectivity index (χ0n) is 16.4. The van der Waals surface area contributed by atoms with Crippen molar-refractivity contribution < 1.29 is 27.8 Å². The van der Waals surface area contributed by atoms with Crippen LogP contribution in [0.4, 0.5) is 13.2 Å². The third-order valence-corrected chi connectivity index (χ3v) is 5.29. The van der Waals surface area contributed by atoms with E-state index in [1.54, 1.807) is 6.07 Å². The first-order valence-corrected chi connectivity index (χ1v) is 9.47. The molecule has 1 fully saturated rings. The molecule has 4 nitrogen and oxygen atoms in total. The zero-order chi connectivity index (χ0) is 21.2. The molecule has 0 aliphatic carbocycles. The number of aliphatic hydroxyl groups is 1. The lowest BCUT2D eigenvalue weighted by molar-refractivity contribution is -0.138. The number of halogens is 3. The number of alkyl halides is 3. The van der Waals surface area contributed by atoms with Crippen molar-refractivity contribution in [1.29, 1.82) is 0 Å². The summed E-state index contributed by atoms with van der Waals surface area (Å²) in [5.74, 6) is -0.130. The molecule has 0 aromatic heterocycles. The van der Waals surface area contributed by atoms with Crippen molar-refractivity contribution in [3.8, 4) is 5.75 Å². The summed E-state index contributed by atoms with van der Waals surface area (Å²) >= 11 is 0. The second-order valence-corrected chi connectivity index (χ2v) is 7.63. The van der Waals surface area contributed by atoms with Crippen molar-refractivity contribution >= 4 is 5.91 Å². The summed E-state index contributed by atoms with van der Waals surface area (Å²) in [4.78, 5) is 14.1. The molecule has 2 aromatic carbocycles. The van der Waals surface area contributed by atoms with E-state index in [0.29, 0.717) is 18.6 Å². The first-order valence-electron chi connectivity index (χ1n) is 9.47. The Morgan fingerprint density at radius 3 is 2.59 bits per heavy atom. The molecule has 156 valence electrons. The van der Waals surface area contributed by atoms with Crippen molar-refractivity contribution in [1.82, 2.24) is 4.90 Å². The fraction of sp³-hybridized carbons (Fsp3) is 0.409. The standard InChI is InChI=1S/C22H24F3NO3/c1-15-8-9-17(12-16(15)2)29-14-21(28)10-5-11-26(13-21)20(27)18-6-3-4-7-19(18)22(23,24)25/h3-4,6-9,12,28H,5,10-11,13-14H2,1-2H3. The highest BCUT2D eigenvalue weighted by Crippen LogP contribution is 2.33. The normalized spacial score (nSPS) is 19.9. The van der Waals surface area contributed by atoms with Crippen LogP contribution in [0, 0.1) is 13.8 Å². The number of rotatable bonds is 4. The van der Waals surface area contributed by atoms with Gasteiger partial charge in [-0.2, -0.15) is 13.2 Å². The van der Waals surface area contributed by atoms with Crippen molar-refractivity contribution in [2.45, 2.75) is 38.5 Å². The number of aryl methyl sites for hydroxylation is 2. The molecule has 29 heavy (non-hydrogen) atoms. The summed E-state index contributed by atoms with van der Waals surface area (Å²) in [5, 5.41) is 10.9. The van der Waals surface area contributed by atoms with Crippen molar-refractivity contribution in [2.24, 2.45) is 0 Å². The van der Waals surface area contributed by atoms with E-state index in [0.717, 1.165) is 17.2 Å². The molecule has 1 N–H and O–H groups in total. The number of carbonyl (C=O) groups excluding carboxylic acids is 1. The maximum atomic E-state index is 13.3. The van der Waals surface area contributed by atoms with Gasteiger partial charge >= 0.3 is 6.18 Å². The lowest BCUT2D eigenvalue weighted by Crippen LogP contribution is -2.53. The molecule has 0 saturated carbocycles. The fourth-order valence-electron chi connectivity index (χ4n) is 3.51. The van der Waals surface area contributed by atoms with Gasteiger partial charge in [-0.1, -0.05) is 18.2 Å². The highest BCUT2D eigenvalue weighted by molar-refractivity contribution is 5.96. The van der Waals surface area contributed by atoms with Gasteiger partial charge < -0.3 is 14.7 Å². The quantitative estimate of drug-likeness (QED) is 0.819. The topological polar surface area (TPSA) is 49.8 Å². The number of benzene rings is 2. The van der Waals surface area contributed by atoms with Crippen LogP contribution in [0.5, 0.6) is 5.75 Å². The van der Waals surface area contributed by atoms with Crippen molar-refractivity contribution in [3.05, 3.63) is 64.7 Å². The fourth-order valence-corrected chi connectivity index (χ4v) is 3.51. The number of piperidine rings is 1. The number of β-amino-alcohol motifs (C(OH)–C–C–N with tert-alkyl or cyclic N) is 1. The van der Waals surface area contributed by atoms with Crippen LogP contribution in [0.15, 0.2) is 42.5 Å². The monoisotopic (exact) mass is 407 g/mol. The Kier molecular flexibility index (Phi) is 5.89. The van der Waals surface area contributed by atoms with Crippen LogP contribution in [0.2, 0.25) is 0 Å². The summed E-state index contributed by atoms with van der Waals surface area (Å²) in [6.45, 7) is 4.10. The molecule has 1 atom stereocenters. The van der Waals surface area contributed by atoms with E-state index in [4.69, 9.17) is 4.74 Å². The van der Waals surface area contributed by atoms with Gasteiger partial charge in [0.25, 0.3) is 5.91 Å². The first kappa shape index (κ1) is 21.2. The van der Waals surface area contributed by atoms with Crippen LogP contribution in [0.3, 0.4) is 0 Å². The van der Waals surface area contributed by atoms with Gasteiger partial charge in [0.1, 0.15) is 18.0 Å². The van der Waals surface area contributed by atoms with Crippen molar-refractivity contribution in [3.63, 3.8) is 0 Å². The summed E-state index contributed by atoms with van der Waals surface area (Å²) in [5.41, 5.74) is -0.516. The predicted octanol–water partition coefficient (Wildman–Crippen LogP) is 4.37. The van der Waals surface area contributed by atoms with Gasteiger partial charge in [0, 0.05) is 6.54 Å². The SMILES string of the molecule is Cc1ccc(OCC2(O)CCCN(C(=O)c3ccccc3C(F)(F)F)C2)cc1C. The van der Waals surface area contributed by atoms with Gasteiger partial charge in [-0.3, -0.25) is 4.79 Å². The van der Waals surface area contributed by atoms with Crippen LogP contribution in [0.25, 0.3) is 0 Å². The Balaban J connectivity index is 1.73. The molecule has 0 spiro atoms. The Morgan fingerprint density at radius 2 is 1.90 bits per heavy atom. The number of ether oxygens (including phenoxy) is 1. The highest BCUT2D eigenvalue weighted by Gasteiger charge is 2.40. The second-order valence-electron chi connectivity index (χ2n) is 7.63. The third-order valence-electron chi connectivity index (χ3n) is 5.29. The number of nitrogens with zero attached hydrogens (tertiary/aromatic N) is 1. The second kappa shape index (κ2) is 8.06. The summed E-state index contributed by atoms with van der Waals surface area (Å²) in [6, 6.07) is 10.3. The van der Waals surface area contributed by atoms with Gasteiger partial charge in [-0.25, -0.2) is 0 Å². The Morgan fingerprint density at radius 1 is 1.17 bits per heavy atom. The molecule has 1 amide bonds. The van der Waals surface area contributed by atoms with E-state index >= 15 is 0 Å². The van der Waals surface area contributed by atoms with Crippen LogP contribution >= 0.6 is 0 Å². The van der Waals surface area contributed by atoms with E-state index in [9.17, 15) is 23.1 Å². The van der Waals surface area contributed by atoms with E-state index in [-0.39, 0.29) is 19.7 Å². The van der Waals surface area contributed by atoms with E-state index in [2.05, 4.69) is 0 Å². The van der Waals surface area contributed by atoms with E-state index in [1.165, 1.54) is 23.1 Å². The molecular weight excluding hydrogens is 383 g/mol. The van der Waals surface area contributed by atoms with Crippen LogP contribution in [-0.2, 0) is 6.18 Å². The van der Waals surface area contributed by atoms with Gasteiger partial charge in [0.15, 0.2) is 0 Å². The molecular formula is C22H24F3NO3. The third kappa shape index (κ3) is 4.90.